The number of hydrogen-bond acceptors (Lipinski definition) is 4. The molecule has 0 bridgehead atoms. The molecular weight excluding hydrogens is 208 g/mol. The van der Waals surface area contributed by atoms with Crippen molar-refractivity contribution in [1.82, 2.24) is 0 Å². The molecule has 2 unspecified atom stereocenters. The number of carbonyl (C=O) groups is 2. The molecule has 0 aliphatic heterocycles. The van der Waals surface area contributed by atoms with Crippen LogP contribution in [0.1, 0.15) is 26.7 Å². The first-order chi connectivity index (χ1) is 7.58. The molecule has 0 aromatic carbocycles. The van der Waals surface area contributed by atoms with E-state index in [1.165, 1.54) is 13.8 Å². The fourth-order valence-corrected chi connectivity index (χ4v) is 1.53. The maximum atomic E-state index is 10.9. The summed E-state index contributed by atoms with van der Waals surface area (Å²) in [5.74, 6) is -0.665. The fraction of sp³-hybridized carbons (Fsp3) is 0.500. The van der Waals surface area contributed by atoms with Crippen LogP contribution in [0.5, 0.6) is 0 Å². The molecule has 1 rings (SSSR count). The monoisotopic (exact) mass is 224 g/mol. The van der Waals surface area contributed by atoms with Gasteiger partial charge in [0.25, 0.3) is 0 Å². The lowest BCUT2D eigenvalue weighted by Crippen LogP contribution is -2.24. The van der Waals surface area contributed by atoms with Gasteiger partial charge in [-0.3, -0.25) is 9.59 Å². The van der Waals surface area contributed by atoms with Crippen molar-refractivity contribution in [2.45, 2.75) is 38.9 Å². The molecule has 0 aromatic heterocycles. The molecule has 4 nitrogen and oxygen atoms in total. The molecule has 0 amide bonds. The van der Waals surface area contributed by atoms with Gasteiger partial charge in [0.1, 0.15) is 12.2 Å². The van der Waals surface area contributed by atoms with Gasteiger partial charge in [0, 0.05) is 20.3 Å². The van der Waals surface area contributed by atoms with Crippen LogP contribution in [0, 0.1) is 0 Å². The van der Waals surface area contributed by atoms with Crippen molar-refractivity contribution >= 4 is 11.9 Å². The highest BCUT2D eigenvalue weighted by Gasteiger charge is 2.17. The minimum Gasteiger partial charge on any atom is -0.458 e. The van der Waals surface area contributed by atoms with Crippen molar-refractivity contribution in [3.63, 3.8) is 0 Å². The first-order valence-corrected chi connectivity index (χ1v) is 5.25. The van der Waals surface area contributed by atoms with E-state index in [1.54, 1.807) is 0 Å². The van der Waals surface area contributed by atoms with Gasteiger partial charge in [-0.2, -0.15) is 0 Å². The normalized spacial score (nSPS) is 28.4. The second-order valence-electron chi connectivity index (χ2n) is 3.62. The van der Waals surface area contributed by atoms with E-state index in [9.17, 15) is 9.59 Å². The largest absolute Gasteiger partial charge is 0.458 e. The third kappa shape index (κ3) is 4.77. The smallest absolute Gasteiger partial charge is 0.303 e. The molecule has 0 saturated heterocycles. The van der Waals surface area contributed by atoms with E-state index in [0.29, 0.717) is 6.42 Å². The van der Waals surface area contributed by atoms with Gasteiger partial charge in [-0.05, 0) is 18.6 Å². The summed E-state index contributed by atoms with van der Waals surface area (Å²) in [6, 6.07) is 0. The molecular formula is C12H16O4. The molecule has 2 atom stereocenters. The van der Waals surface area contributed by atoms with Crippen LogP contribution in [-0.2, 0) is 19.1 Å². The SMILES string of the molecule is CC(=O)OC1/C=C\C/C=C\C(OC(C)=O)C1. The molecule has 0 fully saturated rings. The average molecular weight is 224 g/mol. The number of esters is 2. The zero-order chi connectivity index (χ0) is 12.0. The Labute approximate surface area is 94.9 Å². The van der Waals surface area contributed by atoms with E-state index in [0.717, 1.165) is 6.42 Å². The van der Waals surface area contributed by atoms with Gasteiger partial charge in [0.15, 0.2) is 0 Å². The van der Waals surface area contributed by atoms with Gasteiger partial charge in [-0.15, -0.1) is 0 Å². The van der Waals surface area contributed by atoms with Crippen molar-refractivity contribution in [2.75, 3.05) is 0 Å². The number of hydrogen-bond donors (Lipinski definition) is 0. The Kier molecular flexibility index (Phi) is 4.76. The Balaban J connectivity index is 2.61. The molecule has 0 N–H and O–H groups in total. The van der Waals surface area contributed by atoms with Crippen molar-refractivity contribution in [2.24, 2.45) is 0 Å². The molecule has 0 heterocycles. The Morgan fingerprint density at radius 1 is 1.00 bits per heavy atom. The highest BCUT2D eigenvalue weighted by atomic mass is 16.6. The van der Waals surface area contributed by atoms with E-state index >= 15 is 0 Å². The maximum Gasteiger partial charge on any atom is 0.303 e. The van der Waals surface area contributed by atoms with Crippen molar-refractivity contribution in [1.29, 1.82) is 0 Å². The van der Waals surface area contributed by atoms with Crippen LogP contribution < -0.4 is 0 Å². The second-order valence-corrected chi connectivity index (χ2v) is 3.62. The molecule has 88 valence electrons. The first kappa shape index (κ1) is 12.5. The Hall–Kier alpha value is -1.58. The maximum absolute atomic E-state index is 10.9. The van der Waals surface area contributed by atoms with Crippen molar-refractivity contribution in [3.05, 3.63) is 24.3 Å². The quantitative estimate of drug-likeness (QED) is 0.529. The Bertz CT molecular complexity index is 287. The predicted octanol–water partition coefficient (Wildman–Crippen LogP) is 1.76. The second kappa shape index (κ2) is 6.10. The van der Waals surface area contributed by atoms with E-state index in [1.807, 2.05) is 24.3 Å². The summed E-state index contributed by atoms with van der Waals surface area (Å²) in [4.78, 5) is 21.7. The van der Waals surface area contributed by atoms with Gasteiger partial charge in [0.2, 0.25) is 0 Å². The lowest BCUT2D eigenvalue weighted by Gasteiger charge is -2.20. The minimum atomic E-state index is -0.333. The van der Waals surface area contributed by atoms with E-state index < -0.39 is 0 Å². The fourth-order valence-electron chi connectivity index (χ4n) is 1.53. The third-order valence-electron chi connectivity index (χ3n) is 2.07. The van der Waals surface area contributed by atoms with Crippen LogP contribution in [0.2, 0.25) is 0 Å². The summed E-state index contributed by atoms with van der Waals surface area (Å²) in [5, 5.41) is 0. The molecule has 4 heteroatoms. The molecule has 0 saturated carbocycles. The summed E-state index contributed by atoms with van der Waals surface area (Å²) in [6.45, 7) is 2.73. The van der Waals surface area contributed by atoms with Crippen molar-refractivity contribution < 1.29 is 19.1 Å². The standard InChI is InChI=1S/C12H16O4/c1-9(13)15-11-6-4-3-5-7-12(8-11)16-10(2)14/h4-7,11-12H,3,8H2,1-2H3/b6-4-,7-5-. The zero-order valence-corrected chi connectivity index (χ0v) is 9.51. The minimum absolute atomic E-state index is 0.327. The van der Waals surface area contributed by atoms with Gasteiger partial charge >= 0.3 is 11.9 Å². The molecule has 0 radical (unpaired) electrons. The van der Waals surface area contributed by atoms with Gasteiger partial charge in [-0.1, -0.05) is 12.2 Å². The van der Waals surface area contributed by atoms with E-state index in [2.05, 4.69) is 0 Å². The average Bonchev–Trinajstić information content (AvgIpc) is 2.10. The Morgan fingerprint density at radius 2 is 1.44 bits per heavy atom. The third-order valence-corrected chi connectivity index (χ3v) is 2.07. The summed E-state index contributed by atoms with van der Waals surface area (Å²) in [5.41, 5.74) is 0. The molecule has 16 heavy (non-hydrogen) atoms. The molecule has 0 spiro atoms. The number of rotatable bonds is 2. The lowest BCUT2D eigenvalue weighted by atomic mass is 10.1. The molecule has 0 aromatic rings. The zero-order valence-electron chi connectivity index (χ0n) is 9.51. The van der Waals surface area contributed by atoms with Crippen LogP contribution in [0.4, 0.5) is 0 Å². The van der Waals surface area contributed by atoms with E-state index in [-0.39, 0.29) is 24.1 Å². The molecule has 1 aliphatic carbocycles. The summed E-state index contributed by atoms with van der Waals surface area (Å²) >= 11 is 0. The van der Waals surface area contributed by atoms with Crippen LogP contribution >= 0.6 is 0 Å². The highest BCUT2D eigenvalue weighted by molar-refractivity contribution is 5.67. The van der Waals surface area contributed by atoms with Crippen LogP contribution in [0.15, 0.2) is 24.3 Å². The molecule has 1 aliphatic rings. The van der Waals surface area contributed by atoms with Gasteiger partial charge in [-0.25, -0.2) is 0 Å². The summed E-state index contributed by atoms with van der Waals surface area (Å²) < 4.78 is 10.2. The first-order valence-electron chi connectivity index (χ1n) is 5.25. The summed E-state index contributed by atoms with van der Waals surface area (Å²) in [7, 11) is 0. The lowest BCUT2D eigenvalue weighted by molar-refractivity contribution is -0.148. The van der Waals surface area contributed by atoms with Gasteiger partial charge < -0.3 is 9.47 Å². The topological polar surface area (TPSA) is 52.6 Å². The van der Waals surface area contributed by atoms with Gasteiger partial charge in [0.05, 0.1) is 0 Å². The van der Waals surface area contributed by atoms with Crippen LogP contribution in [-0.4, -0.2) is 24.1 Å². The number of carbonyl (C=O) groups excluding carboxylic acids is 2. The number of ether oxygens (including phenoxy) is 2. The van der Waals surface area contributed by atoms with Crippen molar-refractivity contribution in [3.8, 4) is 0 Å². The highest BCUT2D eigenvalue weighted by Crippen LogP contribution is 2.13. The predicted molar refractivity (Wildman–Crippen MR) is 58.6 cm³/mol. The van der Waals surface area contributed by atoms with E-state index in [4.69, 9.17) is 9.47 Å². The summed E-state index contributed by atoms with van der Waals surface area (Å²) in [6.07, 6.45) is 8.05. The van der Waals surface area contributed by atoms with Crippen LogP contribution in [0.25, 0.3) is 0 Å². The number of allylic oxidation sites excluding steroid dienone is 2. The Morgan fingerprint density at radius 3 is 1.81 bits per heavy atom. The van der Waals surface area contributed by atoms with Crippen LogP contribution in [0.3, 0.4) is 0 Å².